The zero-order valence-electron chi connectivity index (χ0n) is 8.90. The molecular formula is C12H14BrNO2. The smallest absolute Gasteiger partial charge is 0.254 e. The molecule has 0 radical (unpaired) electrons. The third kappa shape index (κ3) is 2.28. The summed E-state index contributed by atoms with van der Waals surface area (Å²) in [6.07, 6.45) is 0.380. The molecule has 1 aliphatic rings. The molecule has 1 aromatic carbocycles. The van der Waals surface area contributed by atoms with Crippen molar-refractivity contribution in [1.29, 1.82) is 0 Å². The van der Waals surface area contributed by atoms with E-state index in [1.165, 1.54) is 0 Å². The van der Waals surface area contributed by atoms with Crippen LogP contribution in [-0.2, 0) is 6.42 Å². The molecule has 1 aliphatic heterocycles. The van der Waals surface area contributed by atoms with Gasteiger partial charge in [-0.05, 0) is 18.1 Å². The van der Waals surface area contributed by atoms with E-state index in [1.807, 2.05) is 24.3 Å². The Hall–Kier alpha value is -0.870. The highest BCUT2D eigenvalue weighted by molar-refractivity contribution is 9.09. The molecule has 86 valence electrons. The van der Waals surface area contributed by atoms with Crippen LogP contribution in [0.15, 0.2) is 24.3 Å². The molecule has 0 spiro atoms. The van der Waals surface area contributed by atoms with E-state index >= 15 is 0 Å². The van der Waals surface area contributed by atoms with Crippen LogP contribution < -0.4 is 0 Å². The van der Waals surface area contributed by atoms with Gasteiger partial charge < -0.3 is 10.0 Å². The van der Waals surface area contributed by atoms with Gasteiger partial charge in [0.1, 0.15) is 0 Å². The molecule has 3 nitrogen and oxygen atoms in total. The van der Waals surface area contributed by atoms with E-state index in [4.69, 9.17) is 0 Å². The standard InChI is InChI=1S/C12H14BrNO2/c13-7-10(15)8-14-6-5-9-3-1-2-4-11(9)12(14)16/h1-4,10,15H,5-8H2. The summed E-state index contributed by atoms with van der Waals surface area (Å²) >= 11 is 3.21. The van der Waals surface area contributed by atoms with Gasteiger partial charge in [-0.3, -0.25) is 4.79 Å². The second kappa shape index (κ2) is 4.97. The van der Waals surface area contributed by atoms with Crippen LogP contribution in [0.1, 0.15) is 15.9 Å². The molecule has 0 fully saturated rings. The first-order valence-corrected chi connectivity index (χ1v) is 6.45. The summed E-state index contributed by atoms with van der Waals surface area (Å²) in [5, 5.41) is 10.0. The molecule has 2 rings (SSSR count). The lowest BCUT2D eigenvalue weighted by Gasteiger charge is -2.29. The summed E-state index contributed by atoms with van der Waals surface area (Å²) in [6, 6.07) is 7.67. The molecule has 1 aromatic rings. The average molecular weight is 284 g/mol. The normalized spacial score (nSPS) is 17.1. The van der Waals surface area contributed by atoms with E-state index in [9.17, 15) is 9.90 Å². The highest BCUT2D eigenvalue weighted by atomic mass is 79.9. The second-order valence-corrected chi connectivity index (χ2v) is 4.61. The van der Waals surface area contributed by atoms with Crippen molar-refractivity contribution in [2.75, 3.05) is 18.4 Å². The second-order valence-electron chi connectivity index (χ2n) is 3.97. The maximum atomic E-state index is 12.1. The van der Waals surface area contributed by atoms with Gasteiger partial charge in [-0.2, -0.15) is 0 Å². The molecule has 1 amide bonds. The van der Waals surface area contributed by atoms with Crippen LogP contribution in [0.4, 0.5) is 0 Å². The predicted molar refractivity (Wildman–Crippen MR) is 65.9 cm³/mol. The summed E-state index contributed by atoms with van der Waals surface area (Å²) < 4.78 is 0. The lowest BCUT2D eigenvalue weighted by Crippen LogP contribution is -2.42. The quantitative estimate of drug-likeness (QED) is 0.853. The first kappa shape index (κ1) is 11.6. The van der Waals surface area contributed by atoms with Gasteiger partial charge in [-0.1, -0.05) is 34.1 Å². The van der Waals surface area contributed by atoms with E-state index in [1.54, 1.807) is 4.90 Å². The molecule has 0 bridgehead atoms. The van der Waals surface area contributed by atoms with E-state index in [0.717, 1.165) is 17.5 Å². The summed E-state index contributed by atoms with van der Waals surface area (Å²) in [4.78, 5) is 13.8. The molecular weight excluding hydrogens is 270 g/mol. The molecule has 1 heterocycles. The Bertz CT molecular complexity index is 394. The molecule has 0 aliphatic carbocycles. The Morgan fingerprint density at radius 2 is 2.19 bits per heavy atom. The zero-order valence-corrected chi connectivity index (χ0v) is 10.5. The van der Waals surface area contributed by atoms with Gasteiger partial charge >= 0.3 is 0 Å². The Labute approximate surface area is 103 Å². The van der Waals surface area contributed by atoms with Crippen molar-refractivity contribution in [3.8, 4) is 0 Å². The minimum Gasteiger partial charge on any atom is -0.390 e. The molecule has 0 aromatic heterocycles. The minimum absolute atomic E-state index is 0.0295. The van der Waals surface area contributed by atoms with Gasteiger partial charge in [0.25, 0.3) is 5.91 Å². The van der Waals surface area contributed by atoms with Crippen LogP contribution in [-0.4, -0.2) is 40.4 Å². The monoisotopic (exact) mass is 283 g/mol. The highest BCUT2D eigenvalue weighted by Crippen LogP contribution is 2.18. The number of aliphatic hydroxyl groups excluding tert-OH is 1. The summed E-state index contributed by atoms with van der Waals surface area (Å²) in [7, 11) is 0. The van der Waals surface area contributed by atoms with Gasteiger partial charge in [0, 0.05) is 24.0 Å². The lowest BCUT2D eigenvalue weighted by molar-refractivity contribution is 0.0637. The van der Waals surface area contributed by atoms with Crippen molar-refractivity contribution in [2.24, 2.45) is 0 Å². The lowest BCUT2D eigenvalue weighted by atomic mass is 9.99. The number of carbonyl (C=O) groups is 1. The molecule has 0 saturated heterocycles. The molecule has 1 atom stereocenters. The van der Waals surface area contributed by atoms with E-state index < -0.39 is 6.10 Å². The number of alkyl halides is 1. The van der Waals surface area contributed by atoms with Crippen molar-refractivity contribution >= 4 is 21.8 Å². The van der Waals surface area contributed by atoms with Crippen molar-refractivity contribution in [3.63, 3.8) is 0 Å². The molecule has 1 unspecified atom stereocenters. The average Bonchev–Trinajstić information content (AvgIpc) is 2.33. The number of carbonyl (C=O) groups excluding carboxylic acids is 1. The first-order chi connectivity index (χ1) is 7.72. The van der Waals surface area contributed by atoms with Gasteiger partial charge in [0.05, 0.1) is 6.10 Å². The number of β-amino-alcohol motifs (C(OH)–C–C–N with tert-alkyl or cyclic N) is 1. The number of aliphatic hydroxyl groups is 1. The number of fused-ring (bicyclic) bond motifs is 1. The topological polar surface area (TPSA) is 40.5 Å². The fraction of sp³-hybridized carbons (Fsp3) is 0.417. The van der Waals surface area contributed by atoms with Crippen molar-refractivity contribution in [1.82, 2.24) is 4.90 Å². The fourth-order valence-electron chi connectivity index (χ4n) is 1.95. The first-order valence-electron chi connectivity index (χ1n) is 5.33. The number of benzene rings is 1. The number of rotatable bonds is 3. The van der Waals surface area contributed by atoms with Crippen LogP contribution in [0.2, 0.25) is 0 Å². The van der Waals surface area contributed by atoms with Gasteiger partial charge in [0.2, 0.25) is 0 Å². The SMILES string of the molecule is O=C1c2ccccc2CCN1CC(O)CBr. The summed E-state index contributed by atoms with van der Waals surface area (Å²) in [6.45, 7) is 1.10. The maximum absolute atomic E-state index is 12.1. The Kier molecular flexibility index (Phi) is 3.61. The van der Waals surface area contributed by atoms with Crippen LogP contribution in [0.25, 0.3) is 0 Å². The Morgan fingerprint density at radius 1 is 1.44 bits per heavy atom. The molecule has 1 N–H and O–H groups in total. The molecule has 4 heteroatoms. The zero-order chi connectivity index (χ0) is 11.5. The molecule has 16 heavy (non-hydrogen) atoms. The number of amides is 1. The predicted octanol–water partition coefficient (Wildman–Crippen LogP) is 1.44. The Balaban J connectivity index is 2.15. The molecule has 0 saturated carbocycles. The van der Waals surface area contributed by atoms with Crippen LogP contribution in [0.3, 0.4) is 0 Å². The minimum atomic E-state index is -0.491. The van der Waals surface area contributed by atoms with Crippen molar-refractivity contribution in [3.05, 3.63) is 35.4 Å². The Morgan fingerprint density at radius 3 is 2.94 bits per heavy atom. The van der Waals surface area contributed by atoms with Crippen LogP contribution in [0.5, 0.6) is 0 Å². The van der Waals surface area contributed by atoms with Gasteiger partial charge in [0.15, 0.2) is 0 Å². The highest BCUT2D eigenvalue weighted by Gasteiger charge is 2.24. The van der Waals surface area contributed by atoms with E-state index in [2.05, 4.69) is 15.9 Å². The number of hydrogen-bond acceptors (Lipinski definition) is 2. The van der Waals surface area contributed by atoms with Crippen molar-refractivity contribution in [2.45, 2.75) is 12.5 Å². The van der Waals surface area contributed by atoms with Crippen LogP contribution in [0, 0.1) is 0 Å². The fourth-order valence-corrected chi connectivity index (χ4v) is 2.16. The van der Waals surface area contributed by atoms with Crippen molar-refractivity contribution < 1.29 is 9.90 Å². The largest absolute Gasteiger partial charge is 0.390 e. The maximum Gasteiger partial charge on any atom is 0.254 e. The third-order valence-corrected chi connectivity index (χ3v) is 3.54. The van der Waals surface area contributed by atoms with Gasteiger partial charge in [-0.25, -0.2) is 0 Å². The third-order valence-electron chi connectivity index (χ3n) is 2.80. The van der Waals surface area contributed by atoms with Crippen LogP contribution >= 0.6 is 15.9 Å². The van der Waals surface area contributed by atoms with E-state index in [-0.39, 0.29) is 5.91 Å². The number of hydrogen-bond donors (Lipinski definition) is 1. The summed E-state index contributed by atoms with van der Waals surface area (Å²) in [5.41, 5.74) is 1.88. The van der Waals surface area contributed by atoms with Gasteiger partial charge in [-0.15, -0.1) is 0 Å². The van der Waals surface area contributed by atoms with E-state index in [0.29, 0.717) is 18.4 Å². The number of nitrogens with zero attached hydrogens (tertiary/aromatic N) is 1. The number of halogens is 1. The summed E-state index contributed by atoms with van der Waals surface area (Å²) in [5.74, 6) is 0.0295.